The van der Waals surface area contributed by atoms with Crippen LogP contribution < -0.4 is 10.6 Å². The topological polar surface area (TPSA) is 69.5 Å². The van der Waals surface area contributed by atoms with Gasteiger partial charge in [0.2, 0.25) is 0 Å². The van der Waals surface area contributed by atoms with Crippen LogP contribution in [-0.4, -0.2) is 30.7 Å². The fourth-order valence-electron chi connectivity index (χ4n) is 1.53. The lowest BCUT2D eigenvalue weighted by Crippen LogP contribution is -2.38. The molecular weight excluding hydrogens is 208 g/mol. The van der Waals surface area contributed by atoms with Gasteiger partial charge in [-0.05, 0) is 46.7 Å². The first-order valence-corrected chi connectivity index (χ1v) is 5.58. The van der Waals surface area contributed by atoms with E-state index in [9.17, 15) is 9.59 Å². The first kappa shape index (κ1) is 13.0. The second-order valence-electron chi connectivity index (χ2n) is 4.95. The van der Waals surface area contributed by atoms with Gasteiger partial charge in [0, 0.05) is 5.92 Å². The van der Waals surface area contributed by atoms with Gasteiger partial charge in [0.25, 0.3) is 5.91 Å². The summed E-state index contributed by atoms with van der Waals surface area (Å²) in [5, 5.41) is 6.61. The van der Waals surface area contributed by atoms with E-state index in [1.165, 1.54) is 0 Å². The molecule has 5 nitrogen and oxygen atoms in total. The third-order valence-electron chi connectivity index (χ3n) is 2.28. The van der Waals surface area contributed by atoms with E-state index in [0.717, 1.165) is 25.9 Å². The van der Waals surface area contributed by atoms with E-state index in [-0.39, 0.29) is 11.8 Å². The Morgan fingerprint density at radius 1 is 1.25 bits per heavy atom. The predicted molar refractivity (Wildman–Crippen MR) is 59.0 cm³/mol. The SMILES string of the molecule is CC(C)(C)OC(=O)[N]C(=O)C1CCNCC1. The molecule has 0 aromatic heterocycles. The summed E-state index contributed by atoms with van der Waals surface area (Å²) >= 11 is 0. The first-order valence-electron chi connectivity index (χ1n) is 5.58. The molecule has 1 heterocycles. The van der Waals surface area contributed by atoms with Crippen LogP contribution in [0.5, 0.6) is 0 Å². The number of piperidine rings is 1. The molecule has 1 N–H and O–H groups in total. The molecule has 0 aromatic rings. The van der Waals surface area contributed by atoms with Crippen LogP contribution in [0.1, 0.15) is 33.6 Å². The van der Waals surface area contributed by atoms with Crippen molar-refractivity contribution in [1.29, 1.82) is 0 Å². The Morgan fingerprint density at radius 3 is 2.31 bits per heavy atom. The number of hydrogen-bond acceptors (Lipinski definition) is 4. The summed E-state index contributed by atoms with van der Waals surface area (Å²) in [5.41, 5.74) is -0.602. The van der Waals surface area contributed by atoms with E-state index < -0.39 is 11.7 Å². The third-order valence-corrected chi connectivity index (χ3v) is 2.28. The van der Waals surface area contributed by atoms with E-state index in [4.69, 9.17) is 4.74 Å². The van der Waals surface area contributed by atoms with Crippen molar-refractivity contribution in [2.75, 3.05) is 13.1 Å². The van der Waals surface area contributed by atoms with Crippen molar-refractivity contribution in [3.63, 3.8) is 0 Å². The maximum Gasteiger partial charge on any atom is 0.437 e. The monoisotopic (exact) mass is 227 g/mol. The molecule has 5 heteroatoms. The average Bonchev–Trinajstić information content (AvgIpc) is 2.16. The molecule has 1 aliphatic heterocycles. The van der Waals surface area contributed by atoms with Gasteiger partial charge in [0.1, 0.15) is 5.60 Å². The molecule has 1 fully saturated rings. The number of amides is 2. The van der Waals surface area contributed by atoms with Gasteiger partial charge in [-0.1, -0.05) is 0 Å². The summed E-state index contributed by atoms with van der Waals surface area (Å²) in [6.45, 7) is 6.85. The minimum absolute atomic E-state index is 0.131. The summed E-state index contributed by atoms with van der Waals surface area (Å²) in [4.78, 5) is 22.9. The fraction of sp³-hybridized carbons (Fsp3) is 0.818. The lowest BCUT2D eigenvalue weighted by Gasteiger charge is -2.22. The number of ether oxygens (including phenoxy) is 1. The normalized spacial score (nSPS) is 17.9. The van der Waals surface area contributed by atoms with Gasteiger partial charge in [-0.2, -0.15) is 0 Å². The molecule has 2 amide bonds. The zero-order chi connectivity index (χ0) is 12.2. The fourth-order valence-corrected chi connectivity index (χ4v) is 1.53. The number of hydrogen-bond donors (Lipinski definition) is 1. The Morgan fingerprint density at radius 2 is 1.81 bits per heavy atom. The summed E-state index contributed by atoms with van der Waals surface area (Å²) < 4.78 is 4.96. The van der Waals surface area contributed by atoms with Crippen molar-refractivity contribution >= 4 is 12.0 Å². The van der Waals surface area contributed by atoms with Crippen molar-refractivity contribution in [2.45, 2.75) is 39.2 Å². The van der Waals surface area contributed by atoms with Gasteiger partial charge in [0.15, 0.2) is 0 Å². The molecular formula is C11H19N2O3. The number of carbonyl (C=O) groups excluding carboxylic acids is 2. The molecule has 1 rings (SSSR count). The van der Waals surface area contributed by atoms with Crippen LogP contribution in [0.2, 0.25) is 0 Å². The molecule has 0 aliphatic carbocycles. The van der Waals surface area contributed by atoms with Crippen LogP contribution >= 0.6 is 0 Å². The Kier molecular flexibility index (Phi) is 4.29. The lowest BCUT2D eigenvalue weighted by molar-refractivity contribution is -0.125. The van der Waals surface area contributed by atoms with Crippen molar-refractivity contribution < 1.29 is 14.3 Å². The largest absolute Gasteiger partial charge is 0.442 e. The Labute approximate surface area is 95.9 Å². The maximum absolute atomic E-state index is 11.6. The summed E-state index contributed by atoms with van der Waals surface area (Å²) in [6, 6.07) is 0. The number of carbonyl (C=O) groups is 2. The Hall–Kier alpha value is -1.10. The molecule has 0 aromatic carbocycles. The highest BCUT2D eigenvalue weighted by Crippen LogP contribution is 2.13. The zero-order valence-corrected chi connectivity index (χ0v) is 10.1. The molecule has 1 aliphatic rings. The van der Waals surface area contributed by atoms with E-state index in [2.05, 4.69) is 10.6 Å². The van der Waals surface area contributed by atoms with Crippen LogP contribution in [0.3, 0.4) is 0 Å². The smallest absolute Gasteiger partial charge is 0.437 e. The summed E-state index contributed by atoms with van der Waals surface area (Å²) in [7, 11) is 0. The molecule has 0 spiro atoms. The Balaban J connectivity index is 2.35. The van der Waals surface area contributed by atoms with Crippen molar-refractivity contribution in [3.8, 4) is 0 Å². The van der Waals surface area contributed by atoms with E-state index >= 15 is 0 Å². The van der Waals surface area contributed by atoms with E-state index in [1.807, 2.05) is 0 Å². The molecule has 0 bridgehead atoms. The van der Waals surface area contributed by atoms with Crippen LogP contribution in [0, 0.1) is 5.92 Å². The van der Waals surface area contributed by atoms with E-state index in [1.54, 1.807) is 20.8 Å². The van der Waals surface area contributed by atoms with Crippen molar-refractivity contribution in [2.24, 2.45) is 5.92 Å². The lowest BCUT2D eigenvalue weighted by atomic mass is 9.97. The molecule has 0 atom stereocenters. The van der Waals surface area contributed by atoms with Gasteiger partial charge in [0.05, 0.1) is 0 Å². The zero-order valence-electron chi connectivity index (χ0n) is 10.1. The van der Waals surface area contributed by atoms with Crippen molar-refractivity contribution in [1.82, 2.24) is 10.6 Å². The van der Waals surface area contributed by atoms with Gasteiger partial charge in [-0.3, -0.25) is 4.79 Å². The van der Waals surface area contributed by atoms with E-state index in [0.29, 0.717) is 0 Å². The number of nitrogens with zero attached hydrogens (tertiary/aromatic N) is 1. The number of imide groups is 1. The summed E-state index contributed by atoms with van der Waals surface area (Å²) in [5.74, 6) is -0.482. The highest BCUT2D eigenvalue weighted by molar-refractivity contribution is 5.92. The molecule has 0 unspecified atom stereocenters. The second kappa shape index (κ2) is 5.30. The van der Waals surface area contributed by atoms with Gasteiger partial charge in [-0.15, -0.1) is 5.32 Å². The Bertz CT molecular complexity index is 265. The highest BCUT2D eigenvalue weighted by atomic mass is 16.6. The number of rotatable bonds is 1. The van der Waals surface area contributed by atoms with Gasteiger partial charge in [-0.25, -0.2) is 4.79 Å². The third kappa shape index (κ3) is 4.61. The van der Waals surface area contributed by atoms with Gasteiger partial charge < -0.3 is 10.1 Å². The first-order chi connectivity index (χ1) is 7.38. The van der Waals surface area contributed by atoms with Crippen molar-refractivity contribution in [3.05, 3.63) is 0 Å². The number of nitrogens with one attached hydrogen (secondary N) is 1. The maximum atomic E-state index is 11.6. The predicted octanol–water partition coefficient (Wildman–Crippen LogP) is 1.05. The van der Waals surface area contributed by atoms with Gasteiger partial charge >= 0.3 is 6.09 Å². The standard InChI is InChI=1S/C11H19N2O3/c1-11(2,3)16-10(15)13-9(14)8-4-6-12-7-5-8/h8,12H,4-7H2,1-3H3. The van der Waals surface area contributed by atoms with Crippen LogP contribution in [0.25, 0.3) is 0 Å². The quantitative estimate of drug-likeness (QED) is 0.727. The summed E-state index contributed by atoms with van der Waals surface area (Å²) in [6.07, 6.45) is 0.701. The molecule has 0 saturated carbocycles. The minimum Gasteiger partial charge on any atom is -0.442 e. The molecule has 91 valence electrons. The van der Waals surface area contributed by atoms with Crippen LogP contribution in [-0.2, 0) is 9.53 Å². The molecule has 16 heavy (non-hydrogen) atoms. The highest BCUT2D eigenvalue weighted by Gasteiger charge is 2.26. The average molecular weight is 227 g/mol. The molecule has 1 saturated heterocycles. The second-order valence-corrected chi connectivity index (χ2v) is 4.95. The molecule has 1 radical (unpaired) electrons. The van der Waals surface area contributed by atoms with Crippen LogP contribution in [0.4, 0.5) is 4.79 Å². The minimum atomic E-state index is -0.781. The van der Waals surface area contributed by atoms with Crippen LogP contribution in [0.15, 0.2) is 0 Å².